The van der Waals surface area contributed by atoms with Gasteiger partial charge in [-0.2, -0.15) is 11.8 Å². The molecule has 0 radical (unpaired) electrons. The summed E-state index contributed by atoms with van der Waals surface area (Å²) in [6.07, 6.45) is 4.07. The summed E-state index contributed by atoms with van der Waals surface area (Å²) in [5.74, 6) is 1.53. The quantitative estimate of drug-likeness (QED) is 0.692. The van der Waals surface area contributed by atoms with E-state index in [-0.39, 0.29) is 23.9 Å². The highest BCUT2D eigenvalue weighted by Crippen LogP contribution is 2.20. The summed E-state index contributed by atoms with van der Waals surface area (Å²) >= 11 is 1.80. The van der Waals surface area contributed by atoms with E-state index in [4.69, 9.17) is 0 Å². The Morgan fingerprint density at radius 3 is 2.53 bits per heavy atom. The van der Waals surface area contributed by atoms with Gasteiger partial charge in [-0.05, 0) is 37.3 Å². The second-order valence-corrected chi connectivity index (χ2v) is 6.21. The van der Waals surface area contributed by atoms with Crippen LogP contribution in [0.1, 0.15) is 40.0 Å². The summed E-state index contributed by atoms with van der Waals surface area (Å²) in [6, 6.07) is -0.243. The van der Waals surface area contributed by atoms with Crippen LogP contribution in [-0.2, 0) is 9.59 Å². The van der Waals surface area contributed by atoms with Gasteiger partial charge < -0.3 is 5.32 Å². The van der Waals surface area contributed by atoms with Gasteiger partial charge in [0.15, 0.2) is 0 Å². The van der Waals surface area contributed by atoms with Crippen LogP contribution in [0.4, 0.5) is 0 Å². The van der Waals surface area contributed by atoms with Gasteiger partial charge in [-0.15, -0.1) is 0 Å². The highest BCUT2D eigenvalue weighted by atomic mass is 32.2. The van der Waals surface area contributed by atoms with E-state index in [1.54, 1.807) is 11.8 Å². The smallest absolute Gasteiger partial charge is 0.247 e. The zero-order chi connectivity index (χ0) is 14.4. The van der Waals surface area contributed by atoms with Crippen molar-refractivity contribution in [2.24, 2.45) is 5.92 Å². The molecule has 0 bridgehead atoms. The van der Waals surface area contributed by atoms with E-state index in [2.05, 4.69) is 18.5 Å². The van der Waals surface area contributed by atoms with E-state index in [9.17, 15) is 9.59 Å². The molecule has 4 nitrogen and oxygen atoms in total. The van der Waals surface area contributed by atoms with Crippen LogP contribution in [0.3, 0.4) is 0 Å². The average Bonchev–Trinajstić information content (AvgIpc) is 2.66. The molecule has 0 aromatic carbocycles. The van der Waals surface area contributed by atoms with Crippen LogP contribution in [0.25, 0.3) is 0 Å². The molecule has 1 aliphatic heterocycles. The lowest BCUT2D eigenvalue weighted by atomic mass is 10.1. The van der Waals surface area contributed by atoms with Crippen molar-refractivity contribution in [2.75, 3.05) is 18.6 Å². The standard InChI is InChI=1S/C14H26N2O2S/c1-5-11(6-2)16-13(17)7-12(14(16)18)15-8-10(3)9-19-4/h10-12,15H,5-9H2,1-4H3. The number of nitrogens with zero attached hydrogens (tertiary/aromatic N) is 1. The Labute approximate surface area is 120 Å². The Morgan fingerprint density at radius 2 is 2.00 bits per heavy atom. The molecule has 0 aliphatic carbocycles. The molecule has 0 aromatic rings. The van der Waals surface area contributed by atoms with Crippen LogP contribution in [0.15, 0.2) is 0 Å². The molecule has 110 valence electrons. The Kier molecular flexibility index (Phi) is 6.86. The normalized spacial score (nSPS) is 21.5. The number of hydrogen-bond donors (Lipinski definition) is 1. The summed E-state index contributed by atoms with van der Waals surface area (Å²) in [5.41, 5.74) is 0. The second kappa shape index (κ2) is 7.90. The van der Waals surface area contributed by atoms with Crippen molar-refractivity contribution in [3.8, 4) is 0 Å². The van der Waals surface area contributed by atoms with E-state index in [0.717, 1.165) is 25.1 Å². The monoisotopic (exact) mass is 286 g/mol. The molecule has 2 unspecified atom stereocenters. The van der Waals surface area contributed by atoms with Crippen LogP contribution < -0.4 is 5.32 Å². The van der Waals surface area contributed by atoms with Crippen molar-refractivity contribution in [2.45, 2.75) is 52.1 Å². The minimum atomic E-state index is -0.308. The molecule has 1 N–H and O–H groups in total. The molecule has 0 aromatic heterocycles. The topological polar surface area (TPSA) is 49.4 Å². The van der Waals surface area contributed by atoms with Gasteiger partial charge in [-0.3, -0.25) is 14.5 Å². The third kappa shape index (κ3) is 4.21. The van der Waals surface area contributed by atoms with E-state index < -0.39 is 0 Å². The maximum atomic E-state index is 12.3. The predicted octanol–water partition coefficient (Wildman–Crippen LogP) is 1.89. The summed E-state index contributed by atoms with van der Waals surface area (Å²) in [5, 5.41) is 3.25. The van der Waals surface area contributed by atoms with Crippen molar-refractivity contribution in [1.29, 1.82) is 0 Å². The lowest BCUT2D eigenvalue weighted by Crippen LogP contribution is -2.44. The summed E-state index contributed by atoms with van der Waals surface area (Å²) in [6.45, 7) is 7.00. The fourth-order valence-electron chi connectivity index (χ4n) is 2.53. The van der Waals surface area contributed by atoms with Crippen molar-refractivity contribution < 1.29 is 9.59 Å². The second-order valence-electron chi connectivity index (χ2n) is 5.30. The highest BCUT2D eigenvalue weighted by molar-refractivity contribution is 7.98. The predicted molar refractivity (Wildman–Crippen MR) is 80.2 cm³/mol. The highest BCUT2D eigenvalue weighted by Gasteiger charge is 2.40. The van der Waals surface area contributed by atoms with Crippen LogP contribution in [-0.4, -0.2) is 47.4 Å². The van der Waals surface area contributed by atoms with Gasteiger partial charge in [0.25, 0.3) is 0 Å². The van der Waals surface area contributed by atoms with Crippen molar-refractivity contribution in [3.63, 3.8) is 0 Å². The molecule has 1 saturated heterocycles. The molecule has 19 heavy (non-hydrogen) atoms. The molecule has 1 aliphatic rings. The number of carbonyl (C=O) groups excluding carboxylic acids is 2. The van der Waals surface area contributed by atoms with Crippen LogP contribution in [0.2, 0.25) is 0 Å². The van der Waals surface area contributed by atoms with Gasteiger partial charge in [-0.1, -0.05) is 20.8 Å². The Bertz CT molecular complexity index is 319. The minimum absolute atomic E-state index is 0.0197. The van der Waals surface area contributed by atoms with E-state index in [1.165, 1.54) is 4.90 Å². The summed E-state index contributed by atoms with van der Waals surface area (Å²) < 4.78 is 0. The third-order valence-corrected chi connectivity index (χ3v) is 4.56. The van der Waals surface area contributed by atoms with Crippen LogP contribution in [0, 0.1) is 5.92 Å². The summed E-state index contributed by atoms with van der Waals surface area (Å²) in [4.78, 5) is 25.8. The first kappa shape index (κ1) is 16.5. The minimum Gasteiger partial charge on any atom is -0.305 e. The van der Waals surface area contributed by atoms with Crippen molar-refractivity contribution in [1.82, 2.24) is 10.2 Å². The number of likely N-dealkylation sites (tertiary alicyclic amines) is 1. The van der Waals surface area contributed by atoms with Gasteiger partial charge in [0.1, 0.15) is 0 Å². The Hall–Kier alpha value is -0.550. The van der Waals surface area contributed by atoms with Crippen LogP contribution >= 0.6 is 11.8 Å². The summed E-state index contributed by atoms with van der Waals surface area (Å²) in [7, 11) is 0. The number of imide groups is 1. The number of rotatable bonds is 8. The number of thioether (sulfide) groups is 1. The molecule has 0 saturated carbocycles. The number of amides is 2. The lowest BCUT2D eigenvalue weighted by molar-refractivity contribution is -0.141. The molecular formula is C14H26N2O2S. The van der Waals surface area contributed by atoms with Gasteiger partial charge in [0.2, 0.25) is 11.8 Å². The zero-order valence-corrected chi connectivity index (χ0v) is 13.3. The molecule has 1 rings (SSSR count). The maximum absolute atomic E-state index is 12.3. The third-order valence-electron chi connectivity index (χ3n) is 3.65. The van der Waals surface area contributed by atoms with E-state index >= 15 is 0 Å². The van der Waals surface area contributed by atoms with E-state index in [1.807, 2.05) is 13.8 Å². The lowest BCUT2D eigenvalue weighted by Gasteiger charge is -2.24. The fraction of sp³-hybridized carbons (Fsp3) is 0.857. The molecule has 1 heterocycles. The number of nitrogens with one attached hydrogen (secondary N) is 1. The molecule has 2 amide bonds. The maximum Gasteiger partial charge on any atom is 0.247 e. The van der Waals surface area contributed by atoms with Gasteiger partial charge in [-0.25, -0.2) is 0 Å². The molecule has 0 spiro atoms. The number of carbonyl (C=O) groups is 2. The number of hydrogen-bond acceptors (Lipinski definition) is 4. The largest absolute Gasteiger partial charge is 0.305 e. The van der Waals surface area contributed by atoms with Gasteiger partial charge >= 0.3 is 0 Å². The fourth-order valence-corrected chi connectivity index (χ4v) is 3.22. The SMILES string of the molecule is CCC(CC)N1C(=O)CC(NCC(C)CSC)C1=O. The zero-order valence-electron chi connectivity index (χ0n) is 12.4. The van der Waals surface area contributed by atoms with Crippen LogP contribution in [0.5, 0.6) is 0 Å². The Morgan fingerprint density at radius 1 is 1.37 bits per heavy atom. The first-order chi connectivity index (χ1) is 9.04. The first-order valence-corrected chi connectivity index (χ1v) is 8.52. The molecular weight excluding hydrogens is 260 g/mol. The van der Waals surface area contributed by atoms with Gasteiger partial charge in [0, 0.05) is 6.04 Å². The molecule has 2 atom stereocenters. The van der Waals surface area contributed by atoms with Gasteiger partial charge in [0.05, 0.1) is 12.5 Å². The van der Waals surface area contributed by atoms with Crippen molar-refractivity contribution >= 4 is 23.6 Å². The average molecular weight is 286 g/mol. The van der Waals surface area contributed by atoms with E-state index in [0.29, 0.717) is 12.3 Å². The van der Waals surface area contributed by atoms with Crippen molar-refractivity contribution in [3.05, 3.63) is 0 Å². The Balaban J connectivity index is 2.55. The molecule has 1 fully saturated rings. The molecule has 5 heteroatoms. The first-order valence-electron chi connectivity index (χ1n) is 7.13.